The van der Waals surface area contributed by atoms with E-state index < -0.39 is 23.2 Å². The van der Waals surface area contributed by atoms with Crippen LogP contribution in [-0.4, -0.2) is 26.7 Å². The Morgan fingerprint density at radius 2 is 1.96 bits per heavy atom. The van der Waals surface area contributed by atoms with Gasteiger partial charge in [-0.05, 0) is 31.2 Å². The van der Waals surface area contributed by atoms with Gasteiger partial charge in [0.05, 0.1) is 22.2 Å². The van der Waals surface area contributed by atoms with Crippen LogP contribution in [0.1, 0.15) is 49.4 Å². The minimum atomic E-state index is -0.662. The van der Waals surface area contributed by atoms with Crippen molar-refractivity contribution in [1.82, 2.24) is 9.38 Å². The van der Waals surface area contributed by atoms with Crippen molar-refractivity contribution in [3.8, 4) is 0 Å². The number of ketones is 3. The first-order valence-electron chi connectivity index (χ1n) is 6.90. The Bertz CT molecular complexity index is 1050. The lowest BCUT2D eigenvalue weighted by molar-refractivity contribution is 0.0964. The highest BCUT2D eigenvalue weighted by Crippen LogP contribution is 2.34. The van der Waals surface area contributed by atoms with Gasteiger partial charge < -0.3 is 4.40 Å². The number of carbonyl (C=O) groups excluding carboxylic acids is 3. The fourth-order valence-corrected chi connectivity index (χ4v) is 3.07. The van der Waals surface area contributed by atoms with Crippen LogP contribution in [0.25, 0.3) is 5.52 Å². The highest BCUT2D eigenvalue weighted by atomic mass is 19.1. The second-order valence-corrected chi connectivity index (χ2v) is 5.29. The predicted molar refractivity (Wildman–Crippen MR) is 78.5 cm³/mol. The normalized spacial score (nSPS) is 13.1. The van der Waals surface area contributed by atoms with Crippen LogP contribution in [0.3, 0.4) is 0 Å². The van der Waals surface area contributed by atoms with Gasteiger partial charge in [0.15, 0.2) is 11.6 Å². The van der Waals surface area contributed by atoms with Crippen molar-refractivity contribution >= 4 is 22.9 Å². The Morgan fingerprint density at radius 1 is 1.17 bits per heavy atom. The van der Waals surface area contributed by atoms with Gasteiger partial charge in [0.25, 0.3) is 0 Å². The summed E-state index contributed by atoms with van der Waals surface area (Å²) in [6, 6.07) is 5.62. The van der Waals surface area contributed by atoms with Crippen molar-refractivity contribution in [3.63, 3.8) is 0 Å². The minimum Gasteiger partial charge on any atom is -0.310 e. The highest BCUT2D eigenvalue weighted by molar-refractivity contribution is 6.31. The number of Topliss-reactive ketones (excluding diaryl/α,β-unsaturated/α-hetero) is 1. The third-order valence-electron chi connectivity index (χ3n) is 3.97. The van der Waals surface area contributed by atoms with E-state index in [0.29, 0.717) is 0 Å². The summed E-state index contributed by atoms with van der Waals surface area (Å²) >= 11 is 0. The zero-order valence-corrected chi connectivity index (χ0v) is 12.0. The number of hydrogen-bond acceptors (Lipinski definition) is 4. The largest absolute Gasteiger partial charge is 0.310 e. The summed E-state index contributed by atoms with van der Waals surface area (Å²) in [6.45, 7) is 1.25. The molecule has 0 fully saturated rings. The van der Waals surface area contributed by atoms with Gasteiger partial charge >= 0.3 is 0 Å². The van der Waals surface area contributed by atoms with Crippen molar-refractivity contribution in [3.05, 3.63) is 70.6 Å². The summed E-state index contributed by atoms with van der Waals surface area (Å²) in [5.41, 5.74) is -0.0352. The second-order valence-electron chi connectivity index (χ2n) is 5.29. The first-order chi connectivity index (χ1) is 11.0. The van der Waals surface area contributed by atoms with E-state index in [1.807, 2.05) is 0 Å². The lowest BCUT2D eigenvalue weighted by Crippen LogP contribution is -2.23. The van der Waals surface area contributed by atoms with Crippen LogP contribution in [0.4, 0.5) is 4.39 Å². The van der Waals surface area contributed by atoms with E-state index in [-0.39, 0.29) is 33.6 Å². The monoisotopic (exact) mass is 308 g/mol. The molecule has 112 valence electrons. The molecule has 0 radical (unpaired) electrons. The fraction of sp³-hybridized carbons (Fsp3) is 0.0588. The third-order valence-corrected chi connectivity index (χ3v) is 3.97. The van der Waals surface area contributed by atoms with Crippen LogP contribution in [0.15, 0.2) is 36.7 Å². The smallest absolute Gasteiger partial charge is 0.229 e. The number of rotatable bonds is 1. The van der Waals surface area contributed by atoms with E-state index in [4.69, 9.17) is 0 Å². The van der Waals surface area contributed by atoms with Gasteiger partial charge in [-0.3, -0.25) is 19.4 Å². The molecule has 0 aliphatic heterocycles. The molecular formula is C17H9FN2O3. The molecule has 23 heavy (non-hydrogen) atoms. The molecule has 0 N–H and O–H groups in total. The Hall–Kier alpha value is -3.15. The van der Waals surface area contributed by atoms with Gasteiger partial charge in [-0.2, -0.15) is 0 Å². The maximum Gasteiger partial charge on any atom is 0.229 e. The molecular weight excluding hydrogens is 299 g/mol. The highest BCUT2D eigenvalue weighted by Gasteiger charge is 2.38. The summed E-state index contributed by atoms with van der Waals surface area (Å²) in [7, 11) is 0. The zero-order chi connectivity index (χ0) is 16.3. The average molecular weight is 308 g/mol. The van der Waals surface area contributed by atoms with E-state index in [2.05, 4.69) is 4.98 Å². The fourth-order valence-electron chi connectivity index (χ4n) is 3.07. The lowest BCUT2D eigenvalue weighted by atomic mass is 9.88. The number of halogens is 1. The standard InChI is InChI=1S/C17H9FN2O3/c1-8(21)11-12-15(20-7-3-5-10(18)14(11)20)17(23)13-9(16(12)22)4-2-6-19-13/h2-7H,1H3. The Morgan fingerprint density at radius 3 is 2.70 bits per heavy atom. The van der Waals surface area contributed by atoms with Gasteiger partial charge in [-0.1, -0.05) is 0 Å². The Kier molecular flexibility index (Phi) is 2.60. The lowest BCUT2D eigenvalue weighted by Gasteiger charge is -2.14. The summed E-state index contributed by atoms with van der Waals surface area (Å²) in [5, 5.41) is 0. The number of hydrogen-bond donors (Lipinski definition) is 0. The quantitative estimate of drug-likeness (QED) is 0.507. The second kappa shape index (κ2) is 4.42. The van der Waals surface area contributed by atoms with Gasteiger partial charge in [0.2, 0.25) is 5.78 Å². The van der Waals surface area contributed by atoms with E-state index in [9.17, 15) is 18.8 Å². The molecule has 1 aliphatic carbocycles. The number of fused-ring (bicyclic) bond motifs is 4. The van der Waals surface area contributed by atoms with Crippen LogP contribution in [0.2, 0.25) is 0 Å². The van der Waals surface area contributed by atoms with Crippen LogP contribution >= 0.6 is 0 Å². The van der Waals surface area contributed by atoms with E-state index >= 15 is 0 Å². The molecule has 0 saturated carbocycles. The SMILES string of the molecule is CC(=O)c1c2c(n3cccc(F)c13)C(=O)c1ncccc1C2=O. The molecule has 0 spiro atoms. The summed E-state index contributed by atoms with van der Waals surface area (Å²) in [5.74, 6) is -2.12. The molecule has 0 saturated heterocycles. The van der Waals surface area contributed by atoms with Gasteiger partial charge in [0, 0.05) is 12.4 Å². The molecule has 5 nitrogen and oxygen atoms in total. The zero-order valence-electron chi connectivity index (χ0n) is 12.0. The molecule has 0 atom stereocenters. The van der Waals surface area contributed by atoms with Crippen molar-refractivity contribution in [1.29, 1.82) is 0 Å². The molecule has 0 amide bonds. The van der Waals surface area contributed by atoms with Crippen LogP contribution in [0.5, 0.6) is 0 Å². The molecule has 0 aromatic carbocycles. The minimum absolute atomic E-state index is 0.0131. The van der Waals surface area contributed by atoms with Gasteiger partial charge in [0.1, 0.15) is 17.2 Å². The average Bonchev–Trinajstić information content (AvgIpc) is 2.90. The maximum absolute atomic E-state index is 14.3. The van der Waals surface area contributed by atoms with Crippen LogP contribution in [0, 0.1) is 5.82 Å². The molecule has 4 rings (SSSR count). The molecule has 3 aromatic rings. The molecule has 3 aromatic heterocycles. The van der Waals surface area contributed by atoms with E-state index in [1.54, 1.807) is 6.07 Å². The summed E-state index contributed by atoms with van der Waals surface area (Å²) in [6.07, 6.45) is 2.88. The van der Waals surface area contributed by atoms with Gasteiger partial charge in [-0.15, -0.1) is 0 Å². The molecule has 0 unspecified atom stereocenters. The first kappa shape index (κ1) is 13.5. The van der Waals surface area contributed by atoms with Gasteiger partial charge in [-0.25, -0.2) is 4.39 Å². The summed E-state index contributed by atoms with van der Waals surface area (Å²) in [4.78, 5) is 41.5. The molecule has 0 bridgehead atoms. The van der Waals surface area contributed by atoms with Crippen molar-refractivity contribution in [2.45, 2.75) is 6.92 Å². The van der Waals surface area contributed by atoms with Crippen LogP contribution < -0.4 is 0 Å². The molecule has 3 heterocycles. The van der Waals surface area contributed by atoms with Crippen LogP contribution in [-0.2, 0) is 0 Å². The maximum atomic E-state index is 14.3. The molecule has 1 aliphatic rings. The Labute approximate surface area is 129 Å². The molecule has 6 heteroatoms. The predicted octanol–water partition coefficient (Wildman–Crippen LogP) is 2.45. The first-order valence-corrected chi connectivity index (χ1v) is 6.90. The number of nitrogens with zero attached hydrogens (tertiary/aromatic N) is 2. The topological polar surface area (TPSA) is 68.5 Å². The third kappa shape index (κ3) is 1.60. The number of carbonyl (C=O) groups is 3. The van der Waals surface area contributed by atoms with Crippen molar-refractivity contribution in [2.24, 2.45) is 0 Å². The number of aromatic nitrogens is 2. The Balaban J connectivity index is 2.23. The number of pyridine rings is 2. The van der Waals surface area contributed by atoms with E-state index in [0.717, 1.165) is 0 Å². The van der Waals surface area contributed by atoms with Crippen molar-refractivity contribution in [2.75, 3.05) is 0 Å². The van der Waals surface area contributed by atoms with Crippen molar-refractivity contribution < 1.29 is 18.8 Å². The van der Waals surface area contributed by atoms with E-state index in [1.165, 1.54) is 41.9 Å². The summed E-state index contributed by atoms with van der Waals surface area (Å²) < 4.78 is 15.5.